The van der Waals surface area contributed by atoms with Crippen LogP contribution in [0, 0.1) is 0 Å². The molecule has 0 aliphatic carbocycles. The zero-order valence-electron chi connectivity index (χ0n) is 10.1. The standard InChI is InChI=1S/C14H15NO3/c16-13-11-4-2-1-3-10(11)12-9-14(5-6-15(12)13)17-7-8-18-14/h1-4,12H,5-9H2. The largest absolute Gasteiger partial charge is 0.347 e. The number of nitrogens with zero attached hydrogens (tertiary/aromatic N) is 1. The molecule has 1 aromatic rings. The summed E-state index contributed by atoms with van der Waals surface area (Å²) in [6, 6.07) is 8.01. The van der Waals surface area contributed by atoms with Gasteiger partial charge in [-0.15, -0.1) is 0 Å². The van der Waals surface area contributed by atoms with Gasteiger partial charge in [0.05, 0.1) is 19.3 Å². The van der Waals surface area contributed by atoms with Crippen LogP contribution in [0.1, 0.15) is 34.8 Å². The van der Waals surface area contributed by atoms with Crippen molar-refractivity contribution in [3.63, 3.8) is 0 Å². The maximum atomic E-state index is 12.3. The number of hydrogen-bond donors (Lipinski definition) is 0. The molecule has 0 bridgehead atoms. The van der Waals surface area contributed by atoms with Crippen LogP contribution in [0.3, 0.4) is 0 Å². The van der Waals surface area contributed by atoms with Crippen molar-refractivity contribution in [3.05, 3.63) is 35.4 Å². The molecule has 0 saturated carbocycles. The molecule has 0 radical (unpaired) electrons. The fourth-order valence-electron chi connectivity index (χ4n) is 3.37. The number of carbonyl (C=O) groups is 1. The Hall–Kier alpha value is -1.39. The van der Waals surface area contributed by atoms with Gasteiger partial charge in [0.1, 0.15) is 0 Å². The third kappa shape index (κ3) is 1.30. The molecular formula is C14H15NO3. The fraction of sp³-hybridized carbons (Fsp3) is 0.500. The van der Waals surface area contributed by atoms with Gasteiger partial charge >= 0.3 is 0 Å². The normalized spacial score (nSPS) is 28.6. The molecule has 3 aliphatic heterocycles. The topological polar surface area (TPSA) is 38.8 Å². The van der Waals surface area contributed by atoms with Crippen molar-refractivity contribution >= 4 is 5.91 Å². The summed E-state index contributed by atoms with van der Waals surface area (Å²) >= 11 is 0. The number of benzene rings is 1. The van der Waals surface area contributed by atoms with Crippen LogP contribution in [0.5, 0.6) is 0 Å². The molecule has 1 unspecified atom stereocenters. The number of rotatable bonds is 0. The second kappa shape index (κ2) is 3.56. The number of carbonyl (C=O) groups excluding carboxylic acids is 1. The zero-order chi connectivity index (χ0) is 12.2. The van der Waals surface area contributed by atoms with E-state index in [9.17, 15) is 4.79 Å². The number of amides is 1. The lowest BCUT2D eigenvalue weighted by molar-refractivity contribution is -0.191. The number of fused-ring (bicyclic) bond motifs is 3. The van der Waals surface area contributed by atoms with Crippen molar-refractivity contribution in [1.29, 1.82) is 0 Å². The third-order valence-corrected chi connectivity index (χ3v) is 4.24. The number of piperidine rings is 1. The van der Waals surface area contributed by atoms with Crippen LogP contribution < -0.4 is 0 Å². The van der Waals surface area contributed by atoms with Crippen molar-refractivity contribution in [1.82, 2.24) is 4.90 Å². The molecule has 1 spiro atoms. The van der Waals surface area contributed by atoms with Crippen molar-refractivity contribution < 1.29 is 14.3 Å². The minimum atomic E-state index is -0.446. The summed E-state index contributed by atoms with van der Waals surface area (Å²) in [6.45, 7) is 2.06. The van der Waals surface area contributed by atoms with Crippen molar-refractivity contribution in [2.24, 2.45) is 0 Å². The minimum absolute atomic E-state index is 0.126. The SMILES string of the molecule is O=C1c2ccccc2C2CC3(CCN12)OCCO3. The smallest absolute Gasteiger partial charge is 0.254 e. The summed E-state index contributed by atoms with van der Waals surface area (Å²) in [4.78, 5) is 14.2. The first kappa shape index (κ1) is 10.5. The number of hydrogen-bond acceptors (Lipinski definition) is 3. The van der Waals surface area contributed by atoms with Gasteiger partial charge in [-0.1, -0.05) is 18.2 Å². The highest BCUT2D eigenvalue weighted by molar-refractivity contribution is 5.99. The Kier molecular flexibility index (Phi) is 2.08. The van der Waals surface area contributed by atoms with Crippen molar-refractivity contribution in [2.75, 3.05) is 19.8 Å². The van der Waals surface area contributed by atoms with Crippen LogP contribution >= 0.6 is 0 Å². The van der Waals surface area contributed by atoms with E-state index >= 15 is 0 Å². The first-order valence-electron chi connectivity index (χ1n) is 6.47. The van der Waals surface area contributed by atoms with E-state index in [0.717, 1.165) is 30.5 Å². The summed E-state index contributed by atoms with van der Waals surface area (Å²) < 4.78 is 11.6. The van der Waals surface area contributed by atoms with Gasteiger partial charge in [-0.25, -0.2) is 0 Å². The van der Waals surface area contributed by atoms with Crippen molar-refractivity contribution in [2.45, 2.75) is 24.7 Å². The molecule has 0 N–H and O–H groups in total. The molecule has 4 nitrogen and oxygen atoms in total. The maximum Gasteiger partial charge on any atom is 0.254 e. The van der Waals surface area contributed by atoms with Gasteiger partial charge in [-0.05, 0) is 11.6 Å². The molecule has 2 fully saturated rings. The van der Waals surface area contributed by atoms with Crippen LogP contribution in [0.4, 0.5) is 0 Å². The molecule has 3 aliphatic rings. The summed E-state index contributed by atoms with van der Waals surface area (Å²) in [7, 11) is 0. The van der Waals surface area contributed by atoms with E-state index in [2.05, 4.69) is 0 Å². The Labute approximate surface area is 105 Å². The molecule has 94 valence electrons. The predicted octanol–water partition coefficient (Wildman–Crippen LogP) is 1.72. The lowest BCUT2D eigenvalue weighted by atomic mass is 9.93. The van der Waals surface area contributed by atoms with E-state index in [1.54, 1.807) is 0 Å². The first-order valence-corrected chi connectivity index (χ1v) is 6.47. The Bertz CT molecular complexity index is 508. The molecule has 4 rings (SSSR count). The summed E-state index contributed by atoms with van der Waals surface area (Å²) in [6.07, 6.45) is 1.54. The Morgan fingerprint density at radius 3 is 2.83 bits per heavy atom. The molecular weight excluding hydrogens is 230 g/mol. The summed E-state index contributed by atoms with van der Waals surface area (Å²) in [5.74, 6) is -0.290. The Morgan fingerprint density at radius 1 is 1.22 bits per heavy atom. The highest BCUT2D eigenvalue weighted by Crippen LogP contribution is 2.46. The van der Waals surface area contributed by atoms with E-state index in [1.807, 2.05) is 29.2 Å². The van der Waals surface area contributed by atoms with E-state index < -0.39 is 5.79 Å². The average Bonchev–Trinajstić information content (AvgIpc) is 2.96. The quantitative estimate of drug-likeness (QED) is 0.698. The average molecular weight is 245 g/mol. The van der Waals surface area contributed by atoms with Crippen LogP contribution in [-0.2, 0) is 9.47 Å². The number of ether oxygens (including phenoxy) is 2. The summed E-state index contributed by atoms with van der Waals surface area (Å²) in [5.41, 5.74) is 1.97. The molecule has 1 atom stereocenters. The monoisotopic (exact) mass is 245 g/mol. The fourth-order valence-corrected chi connectivity index (χ4v) is 3.37. The predicted molar refractivity (Wildman–Crippen MR) is 64.1 cm³/mol. The van der Waals surface area contributed by atoms with Crippen LogP contribution in [0.2, 0.25) is 0 Å². The van der Waals surface area contributed by atoms with Gasteiger partial charge in [0, 0.05) is 24.9 Å². The van der Waals surface area contributed by atoms with Gasteiger partial charge in [-0.2, -0.15) is 0 Å². The van der Waals surface area contributed by atoms with Crippen LogP contribution in [0.15, 0.2) is 24.3 Å². The lowest BCUT2D eigenvalue weighted by Crippen LogP contribution is -2.46. The highest BCUT2D eigenvalue weighted by Gasteiger charge is 2.49. The van der Waals surface area contributed by atoms with Gasteiger partial charge in [0.25, 0.3) is 5.91 Å². The van der Waals surface area contributed by atoms with Crippen molar-refractivity contribution in [3.8, 4) is 0 Å². The van der Waals surface area contributed by atoms with Gasteiger partial charge in [0.15, 0.2) is 5.79 Å². The van der Waals surface area contributed by atoms with Crippen LogP contribution in [0.25, 0.3) is 0 Å². The second-order valence-electron chi connectivity index (χ2n) is 5.16. The summed E-state index contributed by atoms with van der Waals surface area (Å²) in [5, 5.41) is 0. The molecule has 1 aromatic carbocycles. The molecule has 3 heterocycles. The maximum absolute atomic E-state index is 12.3. The zero-order valence-corrected chi connectivity index (χ0v) is 10.1. The Balaban J connectivity index is 1.73. The first-order chi connectivity index (χ1) is 8.79. The van der Waals surface area contributed by atoms with E-state index in [-0.39, 0.29) is 11.9 Å². The minimum Gasteiger partial charge on any atom is -0.347 e. The lowest BCUT2D eigenvalue weighted by Gasteiger charge is -2.40. The van der Waals surface area contributed by atoms with Gasteiger partial charge < -0.3 is 14.4 Å². The van der Waals surface area contributed by atoms with E-state index in [4.69, 9.17) is 9.47 Å². The second-order valence-corrected chi connectivity index (χ2v) is 5.16. The Morgan fingerprint density at radius 2 is 2.00 bits per heavy atom. The van der Waals surface area contributed by atoms with Crippen LogP contribution in [-0.4, -0.2) is 36.4 Å². The highest BCUT2D eigenvalue weighted by atomic mass is 16.7. The molecule has 4 heteroatoms. The van der Waals surface area contributed by atoms with Gasteiger partial charge in [0.2, 0.25) is 0 Å². The molecule has 0 aromatic heterocycles. The molecule has 2 saturated heterocycles. The third-order valence-electron chi connectivity index (χ3n) is 4.24. The molecule has 18 heavy (non-hydrogen) atoms. The van der Waals surface area contributed by atoms with E-state index in [0.29, 0.717) is 13.2 Å². The molecule has 1 amide bonds. The van der Waals surface area contributed by atoms with E-state index in [1.165, 1.54) is 0 Å². The van der Waals surface area contributed by atoms with Gasteiger partial charge in [-0.3, -0.25) is 4.79 Å².